The number of aliphatic carboxylic acids is 1. The Morgan fingerprint density at radius 2 is 1.74 bits per heavy atom. The fourth-order valence-corrected chi connectivity index (χ4v) is 7.74. The van der Waals surface area contributed by atoms with Crippen LogP contribution in [0.1, 0.15) is 113 Å². The fourth-order valence-electron chi connectivity index (χ4n) is 5.89. The lowest BCUT2D eigenvalue weighted by Crippen LogP contribution is -2.46. The standard InChI is InChI=1S/C31H42N2O4S/c1-19-26(27(34)32-23-13-20(14-23)29(35)36)18-33(28(19)38(37)25-9-7-6-8-10-25)24-16-21(30(2,3)4)15-22(17-24)31(5)11-12-31/h15-18,20,23,25H,6-14H2,1-5H3,(H,32,34)(H,35,36). The van der Waals surface area contributed by atoms with E-state index in [9.17, 15) is 18.9 Å². The van der Waals surface area contributed by atoms with Crippen molar-refractivity contribution in [2.45, 2.75) is 120 Å². The summed E-state index contributed by atoms with van der Waals surface area (Å²) in [6, 6.07) is 6.62. The van der Waals surface area contributed by atoms with E-state index in [1.54, 1.807) is 0 Å². The summed E-state index contributed by atoms with van der Waals surface area (Å²) >= 11 is 0. The average molecular weight is 539 g/mol. The van der Waals surface area contributed by atoms with Gasteiger partial charge in [0.15, 0.2) is 0 Å². The lowest BCUT2D eigenvalue weighted by Gasteiger charge is -2.32. The van der Waals surface area contributed by atoms with Gasteiger partial charge in [-0.25, -0.2) is 0 Å². The summed E-state index contributed by atoms with van der Waals surface area (Å²) in [6.07, 6.45) is 10.4. The first-order chi connectivity index (χ1) is 17.9. The van der Waals surface area contributed by atoms with E-state index in [0.717, 1.165) is 54.8 Å². The molecule has 0 saturated heterocycles. The number of nitrogens with zero attached hydrogens (tertiary/aromatic N) is 1. The normalized spacial score (nSPS) is 23.9. The van der Waals surface area contributed by atoms with Gasteiger partial charge in [-0.3, -0.25) is 13.8 Å². The van der Waals surface area contributed by atoms with Crippen LogP contribution in [0.25, 0.3) is 5.69 Å². The quantitative estimate of drug-likeness (QED) is 0.441. The molecule has 0 bridgehead atoms. The molecular formula is C31H42N2O4S. The van der Waals surface area contributed by atoms with Crippen molar-refractivity contribution in [1.29, 1.82) is 0 Å². The number of hydrogen-bond donors (Lipinski definition) is 2. The number of carbonyl (C=O) groups excluding carboxylic acids is 1. The molecule has 2 aromatic rings. The molecule has 3 fully saturated rings. The van der Waals surface area contributed by atoms with Gasteiger partial charge in [0, 0.05) is 23.2 Å². The number of carboxylic acids is 1. The molecule has 7 heteroatoms. The largest absolute Gasteiger partial charge is 0.481 e. The molecule has 0 spiro atoms. The molecular weight excluding hydrogens is 496 g/mol. The molecule has 2 N–H and O–H groups in total. The van der Waals surface area contributed by atoms with E-state index in [0.29, 0.717) is 18.4 Å². The van der Waals surface area contributed by atoms with Gasteiger partial charge in [-0.05, 0) is 85.1 Å². The van der Waals surface area contributed by atoms with Gasteiger partial charge in [0.25, 0.3) is 5.91 Å². The molecule has 6 nitrogen and oxygen atoms in total. The SMILES string of the molecule is Cc1c(C(=O)NC2CC(C(=O)O)C2)cn(-c2cc(C(C)(C)C)cc(C3(C)CC3)c2)c1S(=O)C1CCCCC1. The van der Waals surface area contributed by atoms with Gasteiger partial charge in [0.1, 0.15) is 5.03 Å². The molecule has 3 aliphatic carbocycles. The zero-order valence-corrected chi connectivity index (χ0v) is 24.2. The predicted octanol–water partition coefficient (Wildman–Crippen LogP) is 6.17. The van der Waals surface area contributed by atoms with E-state index in [4.69, 9.17) is 0 Å². The maximum Gasteiger partial charge on any atom is 0.306 e. The minimum atomic E-state index is -1.24. The van der Waals surface area contributed by atoms with Crippen LogP contribution in [0.2, 0.25) is 0 Å². The van der Waals surface area contributed by atoms with Gasteiger partial charge in [-0.2, -0.15) is 0 Å². The van der Waals surface area contributed by atoms with E-state index >= 15 is 0 Å². The molecule has 3 aliphatic rings. The molecule has 1 aromatic heterocycles. The second kappa shape index (κ2) is 9.96. The van der Waals surface area contributed by atoms with Gasteiger partial charge < -0.3 is 15.0 Å². The molecule has 206 valence electrons. The van der Waals surface area contributed by atoms with Crippen molar-refractivity contribution in [2.24, 2.45) is 5.92 Å². The van der Waals surface area contributed by atoms with Crippen LogP contribution in [-0.4, -0.2) is 37.1 Å². The Hall–Kier alpha value is -2.41. The van der Waals surface area contributed by atoms with Crippen LogP contribution in [0.4, 0.5) is 0 Å². The van der Waals surface area contributed by atoms with Crippen molar-refractivity contribution >= 4 is 22.7 Å². The maximum absolute atomic E-state index is 14.1. The molecule has 1 atom stereocenters. The van der Waals surface area contributed by atoms with E-state index in [-0.39, 0.29) is 33.9 Å². The Balaban J connectivity index is 1.57. The highest BCUT2D eigenvalue weighted by atomic mass is 32.2. The van der Waals surface area contributed by atoms with Crippen LogP contribution in [0.15, 0.2) is 29.4 Å². The zero-order chi connectivity index (χ0) is 27.4. The number of benzene rings is 1. The first-order valence-electron chi connectivity index (χ1n) is 14.2. The third kappa shape index (κ3) is 5.23. The van der Waals surface area contributed by atoms with Gasteiger partial charge in [-0.1, -0.05) is 53.0 Å². The summed E-state index contributed by atoms with van der Waals surface area (Å²) in [5.41, 5.74) is 4.93. The van der Waals surface area contributed by atoms with Crippen molar-refractivity contribution in [3.63, 3.8) is 0 Å². The Kier molecular flexibility index (Phi) is 7.12. The smallest absolute Gasteiger partial charge is 0.306 e. The molecule has 38 heavy (non-hydrogen) atoms. The third-order valence-electron chi connectivity index (χ3n) is 9.07. The molecule has 1 aromatic carbocycles. The molecule has 1 heterocycles. The zero-order valence-electron chi connectivity index (χ0n) is 23.4. The lowest BCUT2D eigenvalue weighted by molar-refractivity contribution is -0.145. The second-order valence-corrected chi connectivity index (χ2v) is 14.8. The maximum atomic E-state index is 14.1. The summed E-state index contributed by atoms with van der Waals surface area (Å²) < 4.78 is 16.2. The number of nitrogens with one attached hydrogen (secondary N) is 1. The molecule has 1 amide bonds. The molecule has 1 unspecified atom stereocenters. The third-order valence-corrected chi connectivity index (χ3v) is 11.0. The number of hydrogen-bond acceptors (Lipinski definition) is 3. The van der Waals surface area contributed by atoms with Crippen LogP contribution in [-0.2, 0) is 26.4 Å². The monoisotopic (exact) mass is 538 g/mol. The van der Waals surface area contributed by atoms with E-state index in [2.05, 4.69) is 51.2 Å². The van der Waals surface area contributed by atoms with E-state index in [1.807, 2.05) is 17.7 Å². The van der Waals surface area contributed by atoms with Gasteiger partial charge >= 0.3 is 5.97 Å². The van der Waals surface area contributed by atoms with E-state index in [1.165, 1.54) is 17.5 Å². The molecule has 0 radical (unpaired) electrons. The summed E-state index contributed by atoms with van der Waals surface area (Å²) in [7, 11) is -1.24. The van der Waals surface area contributed by atoms with Gasteiger partial charge in [-0.15, -0.1) is 0 Å². The van der Waals surface area contributed by atoms with Crippen LogP contribution >= 0.6 is 0 Å². The summed E-state index contributed by atoms with van der Waals surface area (Å²) in [5.74, 6) is -1.40. The number of amides is 1. The van der Waals surface area contributed by atoms with Crippen LogP contribution in [0.5, 0.6) is 0 Å². The van der Waals surface area contributed by atoms with Crippen LogP contribution < -0.4 is 5.32 Å². The number of carbonyl (C=O) groups is 2. The molecule has 3 saturated carbocycles. The first kappa shape index (κ1) is 27.2. The van der Waals surface area contributed by atoms with Crippen LogP contribution in [0, 0.1) is 12.8 Å². The molecule has 5 rings (SSSR count). The van der Waals surface area contributed by atoms with Crippen molar-refractivity contribution in [3.05, 3.63) is 46.6 Å². The van der Waals surface area contributed by atoms with Gasteiger partial charge in [0.05, 0.1) is 22.3 Å². The first-order valence-corrected chi connectivity index (χ1v) is 15.4. The second-order valence-electron chi connectivity index (χ2n) is 13.2. The Morgan fingerprint density at radius 3 is 2.32 bits per heavy atom. The van der Waals surface area contributed by atoms with Crippen molar-refractivity contribution in [3.8, 4) is 5.69 Å². The molecule has 0 aliphatic heterocycles. The lowest BCUT2D eigenvalue weighted by atomic mass is 9.80. The number of carboxylic acid groups (broad SMARTS) is 1. The predicted molar refractivity (Wildman–Crippen MR) is 151 cm³/mol. The Bertz CT molecular complexity index is 1250. The van der Waals surface area contributed by atoms with E-state index < -0.39 is 16.8 Å². The minimum absolute atomic E-state index is 0.0496. The Morgan fingerprint density at radius 1 is 1.08 bits per heavy atom. The average Bonchev–Trinajstić information content (AvgIpc) is 3.51. The van der Waals surface area contributed by atoms with Gasteiger partial charge in [0.2, 0.25) is 0 Å². The Labute approximate surface area is 229 Å². The highest BCUT2D eigenvalue weighted by molar-refractivity contribution is 7.85. The topological polar surface area (TPSA) is 88.4 Å². The van der Waals surface area contributed by atoms with Crippen LogP contribution in [0.3, 0.4) is 0 Å². The van der Waals surface area contributed by atoms with Crippen molar-refractivity contribution < 1.29 is 18.9 Å². The highest BCUT2D eigenvalue weighted by Crippen LogP contribution is 2.49. The minimum Gasteiger partial charge on any atom is -0.481 e. The number of rotatable bonds is 7. The highest BCUT2D eigenvalue weighted by Gasteiger charge is 2.40. The van der Waals surface area contributed by atoms with Crippen molar-refractivity contribution in [1.82, 2.24) is 9.88 Å². The summed E-state index contributed by atoms with van der Waals surface area (Å²) in [4.78, 5) is 24.7. The number of aromatic nitrogens is 1. The fraction of sp³-hybridized carbons (Fsp3) is 0.613. The van der Waals surface area contributed by atoms with Crippen molar-refractivity contribution in [2.75, 3.05) is 0 Å². The summed E-state index contributed by atoms with van der Waals surface area (Å²) in [6.45, 7) is 10.9. The summed E-state index contributed by atoms with van der Waals surface area (Å²) in [5, 5.41) is 13.1.